The topological polar surface area (TPSA) is 30.8 Å². The molecule has 0 aliphatic rings. The van der Waals surface area contributed by atoms with E-state index in [0.29, 0.717) is 12.4 Å². The highest BCUT2D eigenvalue weighted by atomic mass is 79.9. The molecule has 23 heavy (non-hydrogen) atoms. The van der Waals surface area contributed by atoms with E-state index in [1.54, 1.807) is 7.11 Å². The summed E-state index contributed by atoms with van der Waals surface area (Å²) in [5.41, 5.74) is 4.33. The largest absolute Gasteiger partial charge is 0.493 e. The van der Waals surface area contributed by atoms with Crippen molar-refractivity contribution in [3.63, 3.8) is 0 Å². The van der Waals surface area contributed by atoms with Crippen molar-refractivity contribution in [3.05, 3.63) is 51.5 Å². The highest BCUT2D eigenvalue weighted by Crippen LogP contribution is 2.36. The van der Waals surface area contributed by atoms with Crippen molar-refractivity contribution in [1.82, 2.24) is 0 Å². The summed E-state index contributed by atoms with van der Waals surface area (Å²) in [6, 6.07) is 10.2. The molecule has 0 spiro atoms. The second-order valence-electron chi connectivity index (χ2n) is 5.43. The van der Waals surface area contributed by atoms with Crippen LogP contribution in [-0.4, -0.2) is 19.9 Å². The molecule has 0 heterocycles. The summed E-state index contributed by atoms with van der Waals surface area (Å²) in [7, 11) is 1.64. The molecule has 0 saturated carbocycles. The number of aryl methyl sites for hydroxylation is 2. The molecular weight excluding hydrogens is 354 g/mol. The molecule has 0 aromatic heterocycles. The number of hydrogen-bond donors (Lipinski definition) is 0. The average Bonchev–Trinajstić information content (AvgIpc) is 2.52. The van der Waals surface area contributed by atoms with Crippen LogP contribution >= 0.6 is 15.9 Å². The number of halogens is 1. The predicted octanol–water partition coefficient (Wildman–Crippen LogP) is 5.61. The van der Waals surface area contributed by atoms with E-state index in [2.05, 4.69) is 53.8 Å². The van der Waals surface area contributed by atoms with Gasteiger partial charge in [0.1, 0.15) is 0 Å². The minimum atomic E-state index is 0.658. The van der Waals surface area contributed by atoms with Gasteiger partial charge in [0.25, 0.3) is 0 Å². The Bertz CT molecular complexity index is 711. The van der Waals surface area contributed by atoms with Crippen LogP contribution in [-0.2, 0) is 0 Å². The third kappa shape index (κ3) is 4.58. The zero-order valence-electron chi connectivity index (χ0n) is 14.0. The van der Waals surface area contributed by atoms with Gasteiger partial charge in [-0.05, 0) is 65.5 Å². The maximum absolute atomic E-state index is 5.74. The number of ether oxygens (including phenoxy) is 2. The monoisotopic (exact) mass is 375 g/mol. The van der Waals surface area contributed by atoms with Crippen LogP contribution in [0.3, 0.4) is 0 Å². The fourth-order valence-corrected chi connectivity index (χ4v) is 2.83. The Morgan fingerprint density at radius 2 is 1.96 bits per heavy atom. The fourth-order valence-electron chi connectivity index (χ4n) is 2.25. The predicted molar refractivity (Wildman–Crippen MR) is 99.7 cm³/mol. The van der Waals surface area contributed by atoms with Crippen molar-refractivity contribution < 1.29 is 9.47 Å². The van der Waals surface area contributed by atoms with E-state index in [-0.39, 0.29) is 0 Å². The molecule has 122 valence electrons. The summed E-state index contributed by atoms with van der Waals surface area (Å²) in [4.78, 5) is 4.58. The van der Waals surface area contributed by atoms with Gasteiger partial charge in [-0.25, -0.2) is 0 Å². The molecule has 3 nitrogen and oxygen atoms in total. The van der Waals surface area contributed by atoms with Gasteiger partial charge >= 0.3 is 0 Å². The zero-order valence-corrected chi connectivity index (χ0v) is 15.6. The van der Waals surface area contributed by atoms with E-state index in [1.165, 1.54) is 5.56 Å². The molecule has 0 bridgehead atoms. The fraction of sp³-hybridized carbons (Fsp3) is 0.316. The Kier molecular flexibility index (Phi) is 6.22. The van der Waals surface area contributed by atoms with Crippen molar-refractivity contribution in [2.24, 2.45) is 4.99 Å². The molecule has 0 amide bonds. The standard InChI is InChI=1S/C19H22BrNO2/c1-5-8-23-19-16(20)10-15(11-18(19)22-4)12-21-17-7-6-13(2)9-14(17)3/h6-7,9-12H,5,8H2,1-4H3. The van der Waals surface area contributed by atoms with Crippen LogP contribution < -0.4 is 9.47 Å². The lowest BCUT2D eigenvalue weighted by Gasteiger charge is -2.12. The minimum Gasteiger partial charge on any atom is -0.493 e. The molecule has 0 fully saturated rings. The van der Waals surface area contributed by atoms with E-state index in [4.69, 9.17) is 9.47 Å². The van der Waals surface area contributed by atoms with Crippen LogP contribution in [0.15, 0.2) is 39.8 Å². The third-order valence-corrected chi connectivity index (χ3v) is 4.00. The minimum absolute atomic E-state index is 0.658. The number of rotatable bonds is 6. The molecule has 2 aromatic carbocycles. The van der Waals surface area contributed by atoms with Crippen molar-refractivity contribution in [1.29, 1.82) is 0 Å². The first-order valence-corrected chi connectivity index (χ1v) is 8.46. The lowest BCUT2D eigenvalue weighted by molar-refractivity contribution is 0.292. The number of hydrogen-bond acceptors (Lipinski definition) is 3. The zero-order chi connectivity index (χ0) is 16.8. The summed E-state index contributed by atoms with van der Waals surface area (Å²) in [5, 5.41) is 0. The molecule has 0 unspecified atom stereocenters. The summed E-state index contributed by atoms with van der Waals surface area (Å²) >= 11 is 3.55. The highest BCUT2D eigenvalue weighted by Gasteiger charge is 2.10. The molecule has 0 N–H and O–H groups in total. The van der Waals surface area contributed by atoms with Crippen molar-refractivity contribution >= 4 is 27.8 Å². The van der Waals surface area contributed by atoms with Crippen LogP contribution in [0.1, 0.15) is 30.0 Å². The lowest BCUT2D eigenvalue weighted by Crippen LogP contribution is -1.99. The van der Waals surface area contributed by atoms with Gasteiger partial charge in [-0.2, -0.15) is 0 Å². The summed E-state index contributed by atoms with van der Waals surface area (Å²) in [5.74, 6) is 1.44. The lowest BCUT2D eigenvalue weighted by atomic mass is 10.1. The Balaban J connectivity index is 2.29. The second kappa shape index (κ2) is 8.16. The Labute approximate surface area is 146 Å². The van der Waals surface area contributed by atoms with Crippen molar-refractivity contribution in [3.8, 4) is 11.5 Å². The maximum atomic E-state index is 5.74. The third-order valence-electron chi connectivity index (χ3n) is 3.41. The van der Waals surface area contributed by atoms with Gasteiger partial charge in [-0.3, -0.25) is 4.99 Å². The number of aliphatic imine (C=N–C) groups is 1. The smallest absolute Gasteiger partial charge is 0.175 e. The van der Waals surface area contributed by atoms with E-state index in [1.807, 2.05) is 24.4 Å². The first-order chi connectivity index (χ1) is 11.0. The normalized spacial score (nSPS) is 11.0. The molecule has 0 aliphatic carbocycles. The van der Waals surface area contributed by atoms with Gasteiger partial charge in [-0.15, -0.1) is 0 Å². The van der Waals surface area contributed by atoms with Crippen molar-refractivity contribution in [2.75, 3.05) is 13.7 Å². The van der Waals surface area contributed by atoms with Gasteiger partial charge in [0, 0.05) is 6.21 Å². The molecule has 2 aromatic rings. The van der Waals surface area contributed by atoms with Gasteiger partial charge in [0.05, 0.1) is 23.9 Å². The van der Waals surface area contributed by atoms with Gasteiger partial charge in [-0.1, -0.05) is 24.6 Å². The summed E-state index contributed by atoms with van der Waals surface area (Å²) < 4.78 is 12.0. The first kappa shape index (κ1) is 17.5. The number of benzene rings is 2. The van der Waals surface area contributed by atoms with E-state index in [9.17, 15) is 0 Å². The van der Waals surface area contributed by atoms with Crippen LogP contribution in [0, 0.1) is 13.8 Å². The van der Waals surface area contributed by atoms with Crippen LogP contribution in [0.25, 0.3) is 0 Å². The molecular formula is C19H22BrNO2. The van der Waals surface area contributed by atoms with Crippen LogP contribution in [0.4, 0.5) is 5.69 Å². The molecule has 0 aliphatic heterocycles. The van der Waals surface area contributed by atoms with Crippen LogP contribution in [0.2, 0.25) is 0 Å². The SMILES string of the molecule is CCCOc1c(Br)cc(C=Nc2ccc(C)cc2C)cc1OC. The molecule has 2 rings (SSSR count). The number of methoxy groups -OCH3 is 1. The molecule has 0 atom stereocenters. The average molecular weight is 376 g/mol. The number of nitrogens with zero attached hydrogens (tertiary/aromatic N) is 1. The van der Waals surface area contributed by atoms with Gasteiger partial charge in [0.2, 0.25) is 0 Å². The first-order valence-electron chi connectivity index (χ1n) is 7.66. The summed E-state index contributed by atoms with van der Waals surface area (Å²) in [6.45, 7) is 6.88. The molecule has 0 saturated heterocycles. The summed E-state index contributed by atoms with van der Waals surface area (Å²) in [6.07, 6.45) is 2.79. The highest BCUT2D eigenvalue weighted by molar-refractivity contribution is 9.10. The molecule has 0 radical (unpaired) electrons. The molecule has 4 heteroatoms. The maximum Gasteiger partial charge on any atom is 0.175 e. The Hall–Kier alpha value is -1.81. The van der Waals surface area contributed by atoms with Gasteiger partial charge in [0.15, 0.2) is 11.5 Å². The van der Waals surface area contributed by atoms with Crippen LogP contribution in [0.5, 0.6) is 11.5 Å². The second-order valence-corrected chi connectivity index (χ2v) is 6.29. The van der Waals surface area contributed by atoms with E-state index >= 15 is 0 Å². The Morgan fingerprint density at radius 1 is 1.17 bits per heavy atom. The van der Waals surface area contributed by atoms with E-state index in [0.717, 1.165) is 33.5 Å². The van der Waals surface area contributed by atoms with E-state index < -0.39 is 0 Å². The Morgan fingerprint density at radius 3 is 2.61 bits per heavy atom. The quantitative estimate of drug-likeness (QED) is 0.613. The van der Waals surface area contributed by atoms with Gasteiger partial charge < -0.3 is 9.47 Å². The van der Waals surface area contributed by atoms with Crippen molar-refractivity contribution in [2.45, 2.75) is 27.2 Å².